The summed E-state index contributed by atoms with van der Waals surface area (Å²) in [5.74, 6) is 0.404. The Hall–Kier alpha value is -1.64. The summed E-state index contributed by atoms with van der Waals surface area (Å²) < 4.78 is 29.0. The monoisotopic (exact) mass is 328 g/mol. The second-order valence-electron chi connectivity index (χ2n) is 4.95. The summed E-state index contributed by atoms with van der Waals surface area (Å²) in [4.78, 5) is 1.57. The number of rotatable bonds is 7. The number of hydrogen-bond donors (Lipinski definition) is 1. The van der Waals surface area contributed by atoms with Gasteiger partial charge in [0.05, 0.1) is 13.2 Å². The van der Waals surface area contributed by atoms with Crippen molar-refractivity contribution < 1.29 is 13.9 Å². The predicted molar refractivity (Wildman–Crippen MR) is 80.8 cm³/mol. The Morgan fingerprint density at radius 1 is 1.32 bits per heavy atom. The Morgan fingerprint density at radius 2 is 2.00 bits per heavy atom. The zero-order valence-corrected chi connectivity index (χ0v) is 13.0. The van der Waals surface area contributed by atoms with Crippen LogP contribution in [0.2, 0.25) is 0 Å². The van der Waals surface area contributed by atoms with Gasteiger partial charge in [0.15, 0.2) is 10.6 Å². The fourth-order valence-electron chi connectivity index (χ4n) is 2.16. The average Bonchev–Trinajstić information content (AvgIpc) is 2.75. The minimum Gasteiger partial charge on any atom is -0.388 e. The van der Waals surface area contributed by atoms with Crippen LogP contribution in [0, 0.1) is 4.77 Å². The Labute approximate surface area is 132 Å². The van der Waals surface area contributed by atoms with Gasteiger partial charge in [0.2, 0.25) is 0 Å². The van der Waals surface area contributed by atoms with Crippen LogP contribution < -0.4 is 0 Å². The van der Waals surface area contributed by atoms with Crippen LogP contribution in [0.1, 0.15) is 11.4 Å². The minimum absolute atomic E-state index is 0.145. The molecule has 1 aromatic heterocycles. The van der Waals surface area contributed by atoms with Crippen molar-refractivity contribution in [3.05, 3.63) is 46.5 Å². The maximum Gasteiger partial charge on any atom is 0.251 e. The number of alkyl halides is 2. The molecule has 0 saturated carbocycles. The van der Waals surface area contributed by atoms with Gasteiger partial charge in [0.25, 0.3) is 6.43 Å². The molecule has 1 aromatic carbocycles. The van der Waals surface area contributed by atoms with Gasteiger partial charge in [-0.2, -0.15) is 5.10 Å². The molecule has 0 atom stereocenters. The Balaban J connectivity index is 2.18. The van der Waals surface area contributed by atoms with E-state index in [9.17, 15) is 13.9 Å². The van der Waals surface area contributed by atoms with Crippen molar-refractivity contribution in [3.63, 3.8) is 0 Å². The Morgan fingerprint density at radius 3 is 2.55 bits per heavy atom. The zero-order chi connectivity index (χ0) is 16.1. The van der Waals surface area contributed by atoms with Crippen LogP contribution in [0.5, 0.6) is 0 Å². The van der Waals surface area contributed by atoms with Crippen molar-refractivity contribution in [2.75, 3.05) is 6.54 Å². The normalized spacial score (nSPS) is 11.5. The van der Waals surface area contributed by atoms with Crippen LogP contribution in [0.15, 0.2) is 30.3 Å². The molecular formula is C14H18F2N4OS. The van der Waals surface area contributed by atoms with E-state index < -0.39 is 6.43 Å². The van der Waals surface area contributed by atoms with E-state index in [1.165, 1.54) is 4.68 Å². The second-order valence-corrected chi connectivity index (χ2v) is 5.31. The first-order chi connectivity index (χ1) is 10.5. The van der Waals surface area contributed by atoms with Crippen LogP contribution in [0.3, 0.4) is 0 Å². The van der Waals surface area contributed by atoms with Gasteiger partial charge in [-0.25, -0.2) is 13.5 Å². The molecule has 0 spiro atoms. The SMILES string of the molecule is Cn1c(CO)nn(CN(Cc2ccccc2)CC(F)F)c1=S. The van der Waals surface area contributed by atoms with Gasteiger partial charge in [-0.05, 0) is 17.8 Å². The maximum absolute atomic E-state index is 12.8. The molecular weight excluding hydrogens is 310 g/mol. The molecule has 8 heteroatoms. The number of nitrogens with zero attached hydrogens (tertiary/aromatic N) is 4. The number of aliphatic hydroxyl groups excluding tert-OH is 1. The highest BCUT2D eigenvalue weighted by molar-refractivity contribution is 7.71. The Bertz CT molecular complexity index is 657. The molecule has 2 aromatic rings. The van der Waals surface area contributed by atoms with Crippen molar-refractivity contribution in [1.29, 1.82) is 0 Å². The molecule has 120 valence electrons. The van der Waals surface area contributed by atoms with E-state index in [0.29, 0.717) is 17.1 Å². The zero-order valence-electron chi connectivity index (χ0n) is 12.2. The van der Waals surface area contributed by atoms with Gasteiger partial charge in [-0.1, -0.05) is 30.3 Å². The summed E-state index contributed by atoms with van der Waals surface area (Å²) in [6.07, 6.45) is -2.45. The largest absolute Gasteiger partial charge is 0.388 e. The molecule has 0 unspecified atom stereocenters. The van der Waals surface area contributed by atoms with Crippen LogP contribution in [-0.4, -0.2) is 37.3 Å². The van der Waals surface area contributed by atoms with E-state index >= 15 is 0 Å². The molecule has 22 heavy (non-hydrogen) atoms. The number of hydrogen-bond acceptors (Lipinski definition) is 4. The highest BCUT2D eigenvalue weighted by Crippen LogP contribution is 2.09. The quantitative estimate of drug-likeness (QED) is 0.791. The van der Waals surface area contributed by atoms with Crippen molar-refractivity contribution >= 4 is 12.2 Å². The molecule has 5 nitrogen and oxygen atoms in total. The molecule has 0 saturated heterocycles. The first-order valence-electron chi connectivity index (χ1n) is 6.79. The third kappa shape index (κ3) is 4.19. The van der Waals surface area contributed by atoms with E-state index in [0.717, 1.165) is 5.56 Å². The van der Waals surface area contributed by atoms with Crippen LogP contribution in [-0.2, 0) is 26.9 Å². The van der Waals surface area contributed by atoms with E-state index in [1.807, 2.05) is 30.3 Å². The van der Waals surface area contributed by atoms with Gasteiger partial charge >= 0.3 is 0 Å². The topological polar surface area (TPSA) is 46.2 Å². The van der Waals surface area contributed by atoms with Crippen LogP contribution >= 0.6 is 12.2 Å². The Kier molecular flexibility index (Phi) is 5.76. The number of aromatic nitrogens is 3. The van der Waals surface area contributed by atoms with Crippen molar-refractivity contribution in [2.24, 2.45) is 7.05 Å². The van der Waals surface area contributed by atoms with Gasteiger partial charge in [0, 0.05) is 13.6 Å². The average molecular weight is 328 g/mol. The first-order valence-corrected chi connectivity index (χ1v) is 7.20. The lowest BCUT2D eigenvalue weighted by molar-refractivity contribution is 0.0652. The molecule has 0 radical (unpaired) electrons. The van der Waals surface area contributed by atoms with Gasteiger partial charge in [0.1, 0.15) is 6.61 Å². The summed E-state index contributed by atoms with van der Waals surface area (Å²) in [6.45, 7) is -0.105. The van der Waals surface area contributed by atoms with E-state index in [2.05, 4.69) is 5.10 Å². The lowest BCUT2D eigenvalue weighted by atomic mass is 10.2. The third-order valence-corrected chi connectivity index (χ3v) is 3.74. The van der Waals surface area contributed by atoms with Crippen molar-refractivity contribution in [1.82, 2.24) is 19.2 Å². The summed E-state index contributed by atoms with van der Waals surface area (Å²) >= 11 is 5.22. The molecule has 0 amide bonds. The highest BCUT2D eigenvalue weighted by atomic mass is 32.1. The summed E-state index contributed by atoms with van der Waals surface area (Å²) in [7, 11) is 1.69. The highest BCUT2D eigenvalue weighted by Gasteiger charge is 2.15. The fourth-order valence-corrected chi connectivity index (χ4v) is 2.37. The van der Waals surface area contributed by atoms with E-state index in [1.54, 1.807) is 16.5 Å². The predicted octanol–water partition coefficient (Wildman–Crippen LogP) is 2.17. The molecule has 0 aliphatic rings. The smallest absolute Gasteiger partial charge is 0.251 e. The molecule has 2 rings (SSSR count). The second kappa shape index (κ2) is 7.57. The van der Waals surface area contributed by atoms with Gasteiger partial charge in [-0.15, -0.1) is 0 Å². The van der Waals surface area contributed by atoms with Crippen LogP contribution in [0.25, 0.3) is 0 Å². The maximum atomic E-state index is 12.8. The van der Waals surface area contributed by atoms with Gasteiger partial charge in [-0.3, -0.25) is 4.90 Å². The molecule has 0 fully saturated rings. The third-order valence-electron chi connectivity index (χ3n) is 3.25. The molecule has 1 heterocycles. The van der Waals surface area contributed by atoms with E-state index in [4.69, 9.17) is 12.2 Å². The minimum atomic E-state index is -2.45. The summed E-state index contributed by atoms with van der Waals surface area (Å²) in [5.41, 5.74) is 0.938. The lowest BCUT2D eigenvalue weighted by Gasteiger charge is -2.21. The standard InChI is InChI=1S/C14H18F2N4OS/c1-18-13(9-21)17-20(14(18)22)10-19(8-12(15)16)7-11-5-3-2-4-6-11/h2-6,12,21H,7-10H2,1H3. The number of aliphatic hydroxyl groups is 1. The fraction of sp³-hybridized carbons (Fsp3) is 0.429. The van der Waals surface area contributed by atoms with Crippen LogP contribution in [0.4, 0.5) is 8.78 Å². The number of halogens is 2. The van der Waals surface area contributed by atoms with Crippen molar-refractivity contribution in [3.8, 4) is 0 Å². The first kappa shape index (κ1) is 16.7. The number of benzene rings is 1. The van der Waals surface area contributed by atoms with E-state index in [-0.39, 0.29) is 19.8 Å². The van der Waals surface area contributed by atoms with Gasteiger partial charge < -0.3 is 9.67 Å². The molecule has 0 bridgehead atoms. The molecule has 1 N–H and O–H groups in total. The lowest BCUT2D eigenvalue weighted by Crippen LogP contribution is -2.31. The molecule has 0 aliphatic heterocycles. The molecule has 0 aliphatic carbocycles. The van der Waals surface area contributed by atoms with Crippen molar-refractivity contribution in [2.45, 2.75) is 26.2 Å². The summed E-state index contributed by atoms with van der Waals surface area (Å²) in [6, 6.07) is 9.38. The summed E-state index contributed by atoms with van der Waals surface area (Å²) in [5, 5.41) is 13.3.